The minimum Gasteiger partial charge on any atom is -0.354 e. The molecule has 5 nitrogen and oxygen atoms in total. The van der Waals surface area contributed by atoms with E-state index >= 15 is 0 Å². The summed E-state index contributed by atoms with van der Waals surface area (Å²) in [6.07, 6.45) is 2.24. The van der Waals surface area contributed by atoms with Crippen LogP contribution in [0.2, 0.25) is 0 Å². The van der Waals surface area contributed by atoms with Crippen molar-refractivity contribution >= 4 is 28.2 Å². The molecule has 1 aliphatic carbocycles. The van der Waals surface area contributed by atoms with Crippen LogP contribution in [0.4, 0.5) is 5.13 Å². The fraction of sp³-hybridized carbons (Fsp3) is 0.400. The summed E-state index contributed by atoms with van der Waals surface area (Å²) in [5.74, 6) is -0.103. The first-order chi connectivity index (χ1) is 9.97. The first-order valence-corrected chi connectivity index (χ1v) is 7.79. The smallest absolute Gasteiger partial charge is 0.274 e. The number of aryl methyl sites for hydroxylation is 3. The number of carbonyl (C=O) groups excluding carboxylic acids is 2. The van der Waals surface area contributed by atoms with Crippen molar-refractivity contribution in [3.05, 3.63) is 33.1 Å². The third-order valence-corrected chi connectivity index (χ3v) is 4.90. The van der Waals surface area contributed by atoms with Crippen LogP contribution in [-0.4, -0.2) is 21.7 Å². The Hall–Kier alpha value is -1.95. The van der Waals surface area contributed by atoms with Crippen LogP contribution in [0.1, 0.15) is 55.5 Å². The molecule has 0 atom stereocenters. The van der Waals surface area contributed by atoms with E-state index in [1.54, 1.807) is 0 Å². The van der Waals surface area contributed by atoms with Crippen LogP contribution < -0.4 is 5.32 Å². The van der Waals surface area contributed by atoms with Crippen LogP contribution in [0.5, 0.6) is 0 Å². The SMILES string of the molecule is Cc1nc(NC(=O)c2[nH]c3c(c2C)C(=O)CCC3)sc1C. The second-order valence-electron chi connectivity index (χ2n) is 5.37. The van der Waals surface area contributed by atoms with E-state index in [-0.39, 0.29) is 11.7 Å². The topological polar surface area (TPSA) is 74.8 Å². The molecule has 110 valence electrons. The minimum atomic E-state index is -0.233. The highest BCUT2D eigenvalue weighted by atomic mass is 32.1. The Labute approximate surface area is 126 Å². The lowest BCUT2D eigenvalue weighted by Crippen LogP contribution is -2.13. The van der Waals surface area contributed by atoms with E-state index in [9.17, 15) is 9.59 Å². The number of anilines is 1. The minimum absolute atomic E-state index is 0.130. The largest absolute Gasteiger partial charge is 0.354 e. The Bertz CT molecular complexity index is 723. The van der Waals surface area contributed by atoms with Crippen molar-refractivity contribution in [1.29, 1.82) is 0 Å². The van der Waals surface area contributed by atoms with E-state index in [0.29, 0.717) is 22.8 Å². The quantitative estimate of drug-likeness (QED) is 0.894. The predicted molar refractivity (Wildman–Crippen MR) is 82.3 cm³/mol. The molecule has 1 amide bonds. The molecule has 0 aromatic carbocycles. The van der Waals surface area contributed by atoms with Gasteiger partial charge in [0.2, 0.25) is 0 Å². The molecule has 0 fully saturated rings. The Balaban J connectivity index is 1.90. The first-order valence-electron chi connectivity index (χ1n) is 6.97. The zero-order valence-electron chi connectivity index (χ0n) is 12.3. The van der Waals surface area contributed by atoms with Crippen molar-refractivity contribution < 1.29 is 9.59 Å². The Kier molecular flexibility index (Phi) is 3.41. The van der Waals surface area contributed by atoms with Crippen molar-refractivity contribution in [2.75, 3.05) is 5.32 Å². The molecular formula is C15H17N3O2S. The lowest BCUT2D eigenvalue weighted by molar-refractivity contribution is 0.0971. The van der Waals surface area contributed by atoms with E-state index in [2.05, 4.69) is 15.3 Å². The summed E-state index contributed by atoms with van der Waals surface area (Å²) >= 11 is 1.45. The van der Waals surface area contributed by atoms with Crippen LogP contribution in [0.3, 0.4) is 0 Å². The molecule has 0 saturated heterocycles. The number of ketones is 1. The van der Waals surface area contributed by atoms with Gasteiger partial charge in [0.05, 0.1) is 5.69 Å². The molecule has 2 N–H and O–H groups in total. The van der Waals surface area contributed by atoms with E-state index in [0.717, 1.165) is 34.7 Å². The van der Waals surface area contributed by atoms with Gasteiger partial charge in [0.25, 0.3) is 5.91 Å². The van der Waals surface area contributed by atoms with Crippen LogP contribution in [0.15, 0.2) is 0 Å². The number of hydrogen-bond donors (Lipinski definition) is 2. The maximum absolute atomic E-state index is 12.4. The molecule has 21 heavy (non-hydrogen) atoms. The number of nitrogens with zero attached hydrogens (tertiary/aromatic N) is 1. The van der Waals surface area contributed by atoms with Crippen molar-refractivity contribution in [3.8, 4) is 0 Å². The third-order valence-electron chi connectivity index (χ3n) is 3.91. The van der Waals surface area contributed by atoms with Gasteiger partial charge in [-0.2, -0.15) is 0 Å². The number of hydrogen-bond acceptors (Lipinski definition) is 4. The molecule has 1 aliphatic rings. The number of amides is 1. The molecule has 2 aromatic rings. The lowest BCUT2D eigenvalue weighted by atomic mass is 9.94. The number of rotatable bonds is 2. The van der Waals surface area contributed by atoms with Crippen LogP contribution in [-0.2, 0) is 6.42 Å². The molecule has 0 radical (unpaired) electrons. The highest BCUT2D eigenvalue weighted by molar-refractivity contribution is 7.15. The zero-order valence-corrected chi connectivity index (χ0v) is 13.1. The number of fused-ring (bicyclic) bond motifs is 1. The van der Waals surface area contributed by atoms with Crippen LogP contribution >= 0.6 is 11.3 Å². The number of nitrogens with one attached hydrogen (secondary N) is 2. The normalized spacial score (nSPS) is 14.1. The van der Waals surface area contributed by atoms with Gasteiger partial charge in [-0.15, -0.1) is 11.3 Å². The molecule has 0 saturated carbocycles. The van der Waals surface area contributed by atoms with Gasteiger partial charge in [-0.05, 0) is 39.2 Å². The summed E-state index contributed by atoms with van der Waals surface area (Å²) in [5, 5.41) is 3.40. The summed E-state index contributed by atoms with van der Waals surface area (Å²) in [7, 11) is 0. The third kappa shape index (κ3) is 2.40. The Morgan fingerprint density at radius 1 is 1.29 bits per heavy atom. The van der Waals surface area contributed by atoms with Crippen molar-refractivity contribution in [1.82, 2.24) is 9.97 Å². The van der Waals surface area contributed by atoms with Gasteiger partial charge < -0.3 is 4.98 Å². The Morgan fingerprint density at radius 3 is 2.67 bits per heavy atom. The van der Waals surface area contributed by atoms with E-state index in [1.807, 2.05) is 20.8 Å². The van der Waals surface area contributed by atoms with Crippen LogP contribution in [0, 0.1) is 20.8 Å². The van der Waals surface area contributed by atoms with Gasteiger partial charge in [-0.1, -0.05) is 0 Å². The summed E-state index contributed by atoms with van der Waals surface area (Å²) < 4.78 is 0. The average Bonchev–Trinajstić information content (AvgIpc) is 2.92. The highest BCUT2D eigenvalue weighted by Crippen LogP contribution is 2.27. The van der Waals surface area contributed by atoms with Crippen molar-refractivity contribution in [2.45, 2.75) is 40.0 Å². The maximum Gasteiger partial charge on any atom is 0.274 e. The summed E-state index contributed by atoms with van der Waals surface area (Å²) in [5.41, 5.74) is 3.74. The number of thiazole rings is 1. The first kappa shape index (κ1) is 14.0. The van der Waals surface area contributed by atoms with E-state index < -0.39 is 0 Å². The van der Waals surface area contributed by atoms with Gasteiger partial charge in [-0.3, -0.25) is 14.9 Å². The number of aromatic nitrogens is 2. The highest BCUT2D eigenvalue weighted by Gasteiger charge is 2.26. The lowest BCUT2D eigenvalue weighted by Gasteiger charge is -2.09. The van der Waals surface area contributed by atoms with Gasteiger partial charge in [-0.25, -0.2) is 4.98 Å². The second-order valence-corrected chi connectivity index (χ2v) is 6.57. The summed E-state index contributed by atoms with van der Waals surface area (Å²) in [6.45, 7) is 5.71. The molecule has 0 unspecified atom stereocenters. The van der Waals surface area contributed by atoms with Gasteiger partial charge in [0.15, 0.2) is 10.9 Å². The molecule has 3 rings (SSSR count). The fourth-order valence-corrected chi connectivity index (χ4v) is 3.50. The summed E-state index contributed by atoms with van der Waals surface area (Å²) in [6, 6.07) is 0. The molecular weight excluding hydrogens is 286 g/mol. The maximum atomic E-state index is 12.4. The van der Waals surface area contributed by atoms with Crippen molar-refractivity contribution in [3.63, 3.8) is 0 Å². The molecule has 0 bridgehead atoms. The molecule has 0 aliphatic heterocycles. The molecule has 6 heteroatoms. The molecule has 2 heterocycles. The number of Topliss-reactive ketones (excluding diaryl/α,β-unsaturated/α-hetero) is 1. The van der Waals surface area contributed by atoms with E-state index in [4.69, 9.17) is 0 Å². The van der Waals surface area contributed by atoms with Gasteiger partial charge in [0.1, 0.15) is 5.69 Å². The van der Waals surface area contributed by atoms with E-state index in [1.165, 1.54) is 11.3 Å². The van der Waals surface area contributed by atoms with Crippen LogP contribution in [0.25, 0.3) is 0 Å². The Morgan fingerprint density at radius 2 is 2.05 bits per heavy atom. The van der Waals surface area contributed by atoms with Crippen molar-refractivity contribution in [2.24, 2.45) is 0 Å². The average molecular weight is 303 g/mol. The predicted octanol–water partition coefficient (Wildman–Crippen LogP) is 3.17. The monoisotopic (exact) mass is 303 g/mol. The number of carbonyl (C=O) groups is 2. The van der Waals surface area contributed by atoms with Gasteiger partial charge >= 0.3 is 0 Å². The summed E-state index contributed by atoms with van der Waals surface area (Å²) in [4.78, 5) is 32.9. The number of aromatic amines is 1. The molecule has 2 aromatic heterocycles. The fourth-order valence-electron chi connectivity index (χ4n) is 2.69. The second kappa shape index (κ2) is 5.11. The standard InChI is InChI=1S/C15H17N3O2S/c1-7-12-10(5-4-6-11(12)19)17-13(7)14(20)18-15-16-8(2)9(3)21-15/h17H,4-6H2,1-3H3,(H,16,18,20). The molecule has 0 spiro atoms. The van der Waals surface area contributed by atoms with Gasteiger partial charge in [0, 0.05) is 22.6 Å². The number of H-pyrrole nitrogens is 1. The zero-order chi connectivity index (χ0) is 15.1.